The number of halogens is 1. The molecule has 14 heavy (non-hydrogen) atoms. The lowest BCUT2D eigenvalue weighted by Gasteiger charge is -2.05. The van der Waals surface area contributed by atoms with Gasteiger partial charge in [0, 0.05) is 11.8 Å². The molecule has 0 unspecified atom stereocenters. The number of aryl methyl sites for hydroxylation is 1. The molecule has 1 aromatic heterocycles. The molecular formula is C10H12FNO2. The number of hydrogen-bond acceptors (Lipinski definition) is 3. The third-order valence-corrected chi connectivity index (χ3v) is 1.86. The molecule has 1 heterocycles. The molecule has 0 spiro atoms. The number of carbonyl (C=O) groups excluding carboxylic acids is 1. The largest absolute Gasteiger partial charge is 0.466 e. The summed E-state index contributed by atoms with van der Waals surface area (Å²) in [6.45, 7) is 3.75. The number of ether oxygens (including phenoxy) is 1. The minimum absolute atomic E-state index is 0.0562. The molecule has 0 aliphatic heterocycles. The van der Waals surface area contributed by atoms with Crippen LogP contribution >= 0.6 is 0 Å². The number of esters is 1. The molecule has 0 aliphatic carbocycles. The fourth-order valence-corrected chi connectivity index (χ4v) is 1.12. The van der Waals surface area contributed by atoms with E-state index < -0.39 is 11.9 Å². The van der Waals surface area contributed by atoms with Crippen molar-refractivity contribution < 1.29 is 13.9 Å². The van der Waals surface area contributed by atoms with Crippen LogP contribution in [0, 0.1) is 12.9 Å². The maximum Gasteiger partial charge on any atom is 0.310 e. The summed E-state index contributed by atoms with van der Waals surface area (Å²) in [7, 11) is 0. The number of nitrogens with zero attached hydrogens (tertiary/aromatic N) is 1. The predicted octanol–water partition coefficient (Wildman–Crippen LogP) is 1.63. The molecule has 3 nitrogen and oxygen atoms in total. The highest BCUT2D eigenvalue weighted by Gasteiger charge is 2.11. The summed E-state index contributed by atoms with van der Waals surface area (Å²) in [6.07, 6.45) is 1.32. The summed E-state index contributed by atoms with van der Waals surface area (Å²) in [4.78, 5) is 14.6. The average Bonchev–Trinajstić information content (AvgIpc) is 2.12. The van der Waals surface area contributed by atoms with Gasteiger partial charge in [0.05, 0.1) is 13.0 Å². The number of rotatable bonds is 3. The highest BCUT2D eigenvalue weighted by molar-refractivity contribution is 5.72. The quantitative estimate of drug-likeness (QED) is 0.546. The molecule has 0 fully saturated rings. The van der Waals surface area contributed by atoms with E-state index in [1.165, 1.54) is 6.20 Å². The lowest BCUT2D eigenvalue weighted by Crippen LogP contribution is -2.10. The maximum absolute atomic E-state index is 13.1. The van der Waals surface area contributed by atoms with Crippen LogP contribution in [0.2, 0.25) is 0 Å². The standard InChI is InChI=1S/C10H12FNO2/c1-3-14-9(13)6-8-7(2)4-5-12-10(8)11/h4-5H,3,6H2,1-2H3. The lowest BCUT2D eigenvalue weighted by molar-refractivity contribution is -0.142. The SMILES string of the molecule is CCOC(=O)Cc1c(C)ccnc1F. The molecule has 0 saturated heterocycles. The number of aromatic nitrogens is 1. The molecule has 0 radical (unpaired) electrons. The molecule has 0 atom stereocenters. The first-order chi connectivity index (χ1) is 6.65. The van der Waals surface area contributed by atoms with E-state index >= 15 is 0 Å². The van der Waals surface area contributed by atoms with E-state index in [0.29, 0.717) is 17.7 Å². The van der Waals surface area contributed by atoms with Crippen LogP contribution in [0.25, 0.3) is 0 Å². The van der Waals surface area contributed by atoms with Gasteiger partial charge in [-0.25, -0.2) is 4.98 Å². The van der Waals surface area contributed by atoms with Gasteiger partial charge in [0.25, 0.3) is 0 Å². The van der Waals surface area contributed by atoms with E-state index in [0.717, 1.165) is 0 Å². The van der Waals surface area contributed by atoms with Crippen LogP contribution in [0.5, 0.6) is 0 Å². The number of pyridine rings is 1. The van der Waals surface area contributed by atoms with Gasteiger partial charge in [-0.2, -0.15) is 4.39 Å². The first kappa shape index (κ1) is 10.6. The van der Waals surface area contributed by atoms with E-state index in [2.05, 4.69) is 4.98 Å². The summed E-state index contributed by atoms with van der Waals surface area (Å²) in [5.74, 6) is -1.03. The first-order valence-electron chi connectivity index (χ1n) is 4.40. The average molecular weight is 197 g/mol. The third kappa shape index (κ3) is 2.52. The monoisotopic (exact) mass is 197 g/mol. The topological polar surface area (TPSA) is 39.2 Å². The Hall–Kier alpha value is -1.45. The molecule has 0 amide bonds. The molecular weight excluding hydrogens is 185 g/mol. The van der Waals surface area contributed by atoms with Crippen molar-refractivity contribution in [2.45, 2.75) is 20.3 Å². The molecule has 0 saturated carbocycles. The zero-order valence-electron chi connectivity index (χ0n) is 8.21. The third-order valence-electron chi connectivity index (χ3n) is 1.86. The fourth-order valence-electron chi connectivity index (χ4n) is 1.12. The van der Waals surface area contributed by atoms with Gasteiger partial charge in [0.2, 0.25) is 5.95 Å². The highest BCUT2D eigenvalue weighted by Crippen LogP contribution is 2.11. The van der Waals surface area contributed by atoms with Crippen molar-refractivity contribution in [3.63, 3.8) is 0 Å². The van der Waals surface area contributed by atoms with Crippen LogP contribution in [0.4, 0.5) is 4.39 Å². The van der Waals surface area contributed by atoms with Crippen LogP contribution in [-0.4, -0.2) is 17.6 Å². The van der Waals surface area contributed by atoms with Gasteiger partial charge in [-0.15, -0.1) is 0 Å². The van der Waals surface area contributed by atoms with Gasteiger partial charge >= 0.3 is 5.97 Å². The fraction of sp³-hybridized carbons (Fsp3) is 0.400. The van der Waals surface area contributed by atoms with Gasteiger partial charge in [-0.1, -0.05) is 0 Å². The van der Waals surface area contributed by atoms with Gasteiger partial charge < -0.3 is 4.74 Å². The van der Waals surface area contributed by atoms with Gasteiger partial charge in [0.15, 0.2) is 0 Å². The van der Waals surface area contributed by atoms with E-state index in [9.17, 15) is 9.18 Å². The van der Waals surface area contributed by atoms with Crippen LogP contribution in [0.15, 0.2) is 12.3 Å². The molecule has 0 aromatic carbocycles. The Morgan fingerprint density at radius 3 is 2.93 bits per heavy atom. The second-order valence-corrected chi connectivity index (χ2v) is 2.88. The Kier molecular flexibility index (Phi) is 3.56. The second kappa shape index (κ2) is 4.69. The van der Waals surface area contributed by atoms with Crippen molar-refractivity contribution in [2.75, 3.05) is 6.61 Å². The molecule has 0 bridgehead atoms. The van der Waals surface area contributed by atoms with Gasteiger partial charge in [-0.05, 0) is 25.5 Å². The van der Waals surface area contributed by atoms with E-state index in [1.54, 1.807) is 19.9 Å². The zero-order valence-corrected chi connectivity index (χ0v) is 8.21. The van der Waals surface area contributed by atoms with E-state index in [4.69, 9.17) is 4.74 Å². The summed E-state index contributed by atoms with van der Waals surface area (Å²) in [5.41, 5.74) is 1.02. The van der Waals surface area contributed by atoms with Gasteiger partial charge in [0.1, 0.15) is 0 Å². The van der Waals surface area contributed by atoms with Crippen molar-refractivity contribution in [3.8, 4) is 0 Å². The van der Waals surface area contributed by atoms with Crippen molar-refractivity contribution >= 4 is 5.97 Å². The minimum atomic E-state index is -0.599. The maximum atomic E-state index is 13.1. The Labute approximate surface area is 81.9 Å². The Balaban J connectivity index is 2.80. The smallest absolute Gasteiger partial charge is 0.310 e. The molecule has 0 N–H and O–H groups in total. The van der Waals surface area contributed by atoms with Crippen LogP contribution in [0.3, 0.4) is 0 Å². The van der Waals surface area contributed by atoms with Crippen LogP contribution in [0.1, 0.15) is 18.1 Å². The number of hydrogen-bond donors (Lipinski definition) is 0. The normalized spacial score (nSPS) is 9.93. The Morgan fingerprint density at radius 1 is 1.64 bits per heavy atom. The summed E-state index contributed by atoms with van der Waals surface area (Å²) < 4.78 is 17.9. The number of carbonyl (C=O) groups is 1. The lowest BCUT2D eigenvalue weighted by atomic mass is 10.1. The summed E-state index contributed by atoms with van der Waals surface area (Å²) >= 11 is 0. The highest BCUT2D eigenvalue weighted by atomic mass is 19.1. The molecule has 76 valence electrons. The minimum Gasteiger partial charge on any atom is -0.466 e. The Bertz CT molecular complexity index is 319. The van der Waals surface area contributed by atoms with Crippen molar-refractivity contribution in [2.24, 2.45) is 0 Å². The van der Waals surface area contributed by atoms with Crippen molar-refractivity contribution in [1.29, 1.82) is 0 Å². The predicted molar refractivity (Wildman–Crippen MR) is 49.3 cm³/mol. The molecule has 1 aromatic rings. The summed E-state index contributed by atoms with van der Waals surface area (Å²) in [5, 5.41) is 0. The van der Waals surface area contributed by atoms with E-state index in [-0.39, 0.29) is 6.42 Å². The Morgan fingerprint density at radius 2 is 2.36 bits per heavy atom. The van der Waals surface area contributed by atoms with Crippen molar-refractivity contribution in [1.82, 2.24) is 4.98 Å². The molecule has 4 heteroatoms. The molecule has 1 rings (SSSR count). The van der Waals surface area contributed by atoms with Crippen LogP contribution < -0.4 is 0 Å². The van der Waals surface area contributed by atoms with Crippen LogP contribution in [-0.2, 0) is 16.0 Å². The summed E-state index contributed by atoms with van der Waals surface area (Å²) in [6, 6.07) is 1.66. The first-order valence-corrected chi connectivity index (χ1v) is 4.40. The van der Waals surface area contributed by atoms with E-state index in [1.807, 2.05) is 0 Å². The zero-order chi connectivity index (χ0) is 10.6. The van der Waals surface area contributed by atoms with Gasteiger partial charge in [-0.3, -0.25) is 4.79 Å². The van der Waals surface area contributed by atoms with Crippen molar-refractivity contribution in [3.05, 3.63) is 29.3 Å². The second-order valence-electron chi connectivity index (χ2n) is 2.88. The molecule has 0 aliphatic rings.